The number of aromatic nitrogens is 3. The molecule has 2 fully saturated rings. The van der Waals surface area contributed by atoms with Crippen LogP contribution in [0.1, 0.15) is 48.5 Å². The molecule has 1 aliphatic heterocycles. The van der Waals surface area contributed by atoms with Gasteiger partial charge in [0.05, 0.1) is 36.7 Å². The number of hydrogen-bond donors (Lipinski definition) is 2. The number of hydrogen-bond acceptors (Lipinski definition) is 7. The fraction of sp³-hybridized carbons (Fsp3) is 0.407. The molecule has 212 valence electrons. The number of amides is 1. The fourth-order valence-corrected chi connectivity index (χ4v) is 5.42. The molecule has 2 aromatic heterocycles. The smallest absolute Gasteiger partial charge is 0.408 e. The average Bonchev–Trinajstić information content (AvgIpc) is 3.56. The lowest BCUT2D eigenvalue weighted by Crippen LogP contribution is -2.41. The molecule has 0 bridgehead atoms. The van der Waals surface area contributed by atoms with Gasteiger partial charge in [0.1, 0.15) is 6.61 Å². The predicted octanol–water partition coefficient (Wildman–Crippen LogP) is 5.02. The maximum Gasteiger partial charge on any atom is 0.408 e. The van der Waals surface area contributed by atoms with Crippen LogP contribution < -0.4 is 5.32 Å². The molecule has 2 N–H and O–H groups in total. The normalized spacial score (nSPS) is 18.4. The third kappa shape index (κ3) is 6.24. The van der Waals surface area contributed by atoms with Gasteiger partial charge in [-0.1, -0.05) is 41.9 Å². The number of imidazole rings is 1. The van der Waals surface area contributed by atoms with Gasteiger partial charge in [0.2, 0.25) is 0 Å². The molecule has 1 unspecified atom stereocenters. The summed E-state index contributed by atoms with van der Waals surface area (Å²) in [6.45, 7) is 1.16. The van der Waals surface area contributed by atoms with E-state index in [9.17, 15) is 23.5 Å². The minimum Gasteiger partial charge on any atom is -0.478 e. The van der Waals surface area contributed by atoms with E-state index in [2.05, 4.69) is 15.4 Å². The van der Waals surface area contributed by atoms with Crippen molar-refractivity contribution in [3.63, 3.8) is 0 Å². The quantitative estimate of drug-likeness (QED) is 0.358. The number of halogens is 3. The van der Waals surface area contributed by atoms with Crippen molar-refractivity contribution < 1.29 is 37.7 Å². The topological polar surface area (TPSA) is 124 Å². The van der Waals surface area contributed by atoms with Gasteiger partial charge in [-0.15, -0.1) is 0 Å². The zero-order valence-corrected chi connectivity index (χ0v) is 22.0. The first-order valence-electron chi connectivity index (χ1n) is 12.8. The van der Waals surface area contributed by atoms with E-state index < -0.39 is 35.9 Å². The van der Waals surface area contributed by atoms with E-state index in [-0.39, 0.29) is 28.9 Å². The highest BCUT2D eigenvalue weighted by Gasteiger charge is 2.43. The summed E-state index contributed by atoms with van der Waals surface area (Å²) in [5.74, 6) is -2.24. The third-order valence-electron chi connectivity index (χ3n) is 7.12. The molecule has 40 heavy (non-hydrogen) atoms. The second-order valence-electron chi connectivity index (χ2n) is 9.67. The van der Waals surface area contributed by atoms with Gasteiger partial charge in [-0.25, -0.2) is 27.9 Å². The summed E-state index contributed by atoms with van der Waals surface area (Å²) in [4.78, 5) is 29.1. The van der Waals surface area contributed by atoms with E-state index in [1.807, 2.05) is 30.3 Å². The van der Waals surface area contributed by atoms with Crippen LogP contribution in [0.25, 0.3) is 11.2 Å². The number of nitrogens with zero attached hydrogens (tertiary/aromatic N) is 3. The SMILES string of the molecule is O=C(NC(c1cn2nc(Cl)c(C(=CC(F)F)C(=O)O)cc2n1)C1CCC2(CC1)OCCO2)OCc1ccccc1. The molecule has 1 aliphatic carbocycles. The Labute approximate surface area is 232 Å². The molecule has 1 saturated heterocycles. The van der Waals surface area contributed by atoms with Gasteiger partial charge in [0.25, 0.3) is 6.43 Å². The van der Waals surface area contributed by atoms with E-state index in [1.165, 1.54) is 10.6 Å². The maximum absolute atomic E-state index is 13.0. The third-order valence-corrected chi connectivity index (χ3v) is 7.40. The van der Waals surface area contributed by atoms with E-state index in [1.54, 1.807) is 6.20 Å². The number of allylic oxidation sites excluding steroid dienone is 1. The first-order chi connectivity index (χ1) is 19.2. The number of carboxylic acid groups (broad SMARTS) is 1. The molecule has 0 radical (unpaired) electrons. The van der Waals surface area contributed by atoms with Gasteiger partial charge in [-0.2, -0.15) is 5.10 Å². The van der Waals surface area contributed by atoms with Gasteiger partial charge < -0.3 is 24.6 Å². The average molecular weight is 577 g/mol. The Morgan fingerprint density at radius 1 is 1.23 bits per heavy atom. The van der Waals surface area contributed by atoms with Crippen molar-refractivity contribution in [2.45, 2.75) is 50.5 Å². The van der Waals surface area contributed by atoms with E-state index in [0.29, 0.717) is 50.7 Å². The van der Waals surface area contributed by atoms with Crippen LogP contribution in [0.4, 0.5) is 13.6 Å². The van der Waals surface area contributed by atoms with Crippen LogP contribution in [-0.2, 0) is 25.6 Å². The van der Waals surface area contributed by atoms with E-state index >= 15 is 0 Å². The first-order valence-corrected chi connectivity index (χ1v) is 13.2. The molecule has 1 saturated carbocycles. The number of carbonyl (C=O) groups excluding carboxylic acids is 1. The summed E-state index contributed by atoms with van der Waals surface area (Å²) in [5, 5.41) is 16.2. The molecule has 1 spiro atoms. The summed E-state index contributed by atoms with van der Waals surface area (Å²) in [6.07, 6.45) is 0.814. The van der Waals surface area contributed by atoms with Crippen LogP contribution in [0.15, 0.2) is 48.7 Å². The Kier molecular flexibility index (Phi) is 8.29. The first kappa shape index (κ1) is 27.9. The number of carboxylic acids is 1. The minimum atomic E-state index is -3.01. The highest BCUT2D eigenvalue weighted by atomic mass is 35.5. The number of fused-ring (bicyclic) bond motifs is 1. The molecule has 1 aromatic carbocycles. The largest absolute Gasteiger partial charge is 0.478 e. The van der Waals surface area contributed by atoms with Gasteiger partial charge in [0.15, 0.2) is 16.6 Å². The summed E-state index contributed by atoms with van der Waals surface area (Å²) < 4.78 is 44.5. The van der Waals surface area contributed by atoms with Crippen molar-refractivity contribution in [2.75, 3.05) is 13.2 Å². The van der Waals surface area contributed by atoms with E-state index in [4.69, 9.17) is 25.8 Å². The lowest BCUT2D eigenvalue weighted by molar-refractivity contribution is -0.183. The Morgan fingerprint density at radius 2 is 1.93 bits per heavy atom. The molecular weight excluding hydrogens is 550 g/mol. The number of ether oxygens (including phenoxy) is 3. The maximum atomic E-state index is 13.0. The van der Waals surface area contributed by atoms with Gasteiger partial charge >= 0.3 is 12.1 Å². The molecule has 1 atom stereocenters. The van der Waals surface area contributed by atoms with Crippen molar-refractivity contribution >= 4 is 34.9 Å². The lowest BCUT2D eigenvalue weighted by Gasteiger charge is -2.38. The lowest BCUT2D eigenvalue weighted by atomic mass is 9.80. The number of alkyl carbamates (subject to hydrolysis) is 1. The number of alkyl halides is 2. The molecule has 13 heteroatoms. The molecule has 3 aromatic rings. The van der Waals surface area contributed by atoms with Crippen LogP contribution >= 0.6 is 11.6 Å². The number of carbonyl (C=O) groups is 2. The second-order valence-corrected chi connectivity index (χ2v) is 10.0. The van der Waals surface area contributed by atoms with Crippen LogP contribution in [0.3, 0.4) is 0 Å². The van der Waals surface area contributed by atoms with E-state index in [0.717, 1.165) is 5.56 Å². The molecule has 2 aliphatic rings. The number of aliphatic carboxylic acids is 1. The summed E-state index contributed by atoms with van der Waals surface area (Å²) in [6, 6.07) is 9.93. The molecule has 5 rings (SSSR count). The second kappa shape index (κ2) is 11.9. The zero-order valence-electron chi connectivity index (χ0n) is 21.3. The molecule has 10 nitrogen and oxygen atoms in total. The zero-order chi connectivity index (χ0) is 28.3. The number of rotatable bonds is 8. The Morgan fingerprint density at radius 3 is 2.58 bits per heavy atom. The Hall–Kier alpha value is -3.61. The Balaban J connectivity index is 1.42. The standard InChI is InChI=1S/C27H27ClF2N4O6/c28-24-18(19(25(35)36)12-21(29)30)13-22-31-20(14-34(22)33-24)23(17-6-8-27(9-7-17)39-10-11-40-27)32-26(37)38-15-16-4-2-1-3-5-16/h1-5,12-14,17,21,23H,6-11,15H2,(H,32,37)(H,35,36). The number of benzene rings is 1. The predicted molar refractivity (Wildman–Crippen MR) is 139 cm³/mol. The van der Waals surface area contributed by atoms with Crippen LogP contribution in [0, 0.1) is 5.92 Å². The monoisotopic (exact) mass is 576 g/mol. The van der Waals surface area contributed by atoms with Gasteiger partial charge in [0, 0.05) is 18.4 Å². The molecule has 1 amide bonds. The van der Waals surface area contributed by atoms with Crippen molar-refractivity contribution in [3.8, 4) is 0 Å². The summed E-state index contributed by atoms with van der Waals surface area (Å²) in [7, 11) is 0. The summed E-state index contributed by atoms with van der Waals surface area (Å²) >= 11 is 6.19. The van der Waals surface area contributed by atoms with Crippen molar-refractivity contribution in [2.24, 2.45) is 5.92 Å². The van der Waals surface area contributed by atoms with Crippen LogP contribution in [0.2, 0.25) is 5.15 Å². The van der Waals surface area contributed by atoms with Gasteiger partial charge in [-0.05, 0) is 36.5 Å². The Bertz CT molecular complexity index is 1400. The van der Waals surface area contributed by atoms with Crippen molar-refractivity contribution in [3.05, 3.63) is 70.6 Å². The van der Waals surface area contributed by atoms with Crippen LogP contribution in [0.5, 0.6) is 0 Å². The van der Waals surface area contributed by atoms with Crippen molar-refractivity contribution in [1.82, 2.24) is 19.9 Å². The molecule has 3 heterocycles. The fourth-order valence-electron chi connectivity index (χ4n) is 5.18. The van der Waals surface area contributed by atoms with Crippen molar-refractivity contribution in [1.29, 1.82) is 0 Å². The molecular formula is C27H27ClF2N4O6. The van der Waals surface area contributed by atoms with Crippen LogP contribution in [-0.4, -0.2) is 57.2 Å². The minimum absolute atomic E-state index is 0.0594. The number of nitrogens with one attached hydrogen (secondary N) is 1. The highest BCUT2D eigenvalue weighted by molar-refractivity contribution is 6.33. The highest BCUT2D eigenvalue weighted by Crippen LogP contribution is 2.42. The summed E-state index contributed by atoms with van der Waals surface area (Å²) in [5.41, 5.74) is 0.555. The van der Waals surface area contributed by atoms with Gasteiger partial charge in [-0.3, -0.25) is 0 Å².